The summed E-state index contributed by atoms with van der Waals surface area (Å²) in [6, 6.07) is 21.2. The molecule has 0 spiro atoms. The van der Waals surface area contributed by atoms with E-state index in [0.29, 0.717) is 17.1 Å². The highest BCUT2D eigenvalue weighted by Crippen LogP contribution is 2.30. The third-order valence-corrected chi connectivity index (χ3v) is 4.03. The van der Waals surface area contributed by atoms with Crippen molar-refractivity contribution in [2.45, 2.75) is 0 Å². The number of allylic oxidation sites excluding steroid dienone is 1. The molecule has 0 aliphatic heterocycles. The van der Waals surface area contributed by atoms with Gasteiger partial charge in [0.2, 0.25) is 0 Å². The van der Waals surface area contributed by atoms with E-state index < -0.39 is 12.6 Å². The van der Waals surface area contributed by atoms with Crippen LogP contribution in [0.2, 0.25) is 0 Å². The molecule has 5 nitrogen and oxygen atoms in total. The maximum Gasteiger partial charge on any atom is 0.341 e. The number of hydrogen-bond donors (Lipinski definition) is 1. The highest BCUT2D eigenvalue weighted by Gasteiger charge is 2.09. The molecular formula is C22H17NO4. The molecule has 0 aromatic heterocycles. The first-order valence-corrected chi connectivity index (χ1v) is 8.24. The number of methoxy groups -OCH3 is 1. The molecule has 1 N–H and O–H groups in total. The standard InChI is InChI=1S/C22H17NO4/c1-26-21-11-15(6-9-20(21)27-14-22(24)25)10-19(13-23)18-8-7-16-4-2-3-5-17(16)12-18/h2-12H,14H2,1H3,(H,24,25). The lowest BCUT2D eigenvalue weighted by Gasteiger charge is -2.10. The zero-order valence-corrected chi connectivity index (χ0v) is 14.7. The molecule has 134 valence electrons. The van der Waals surface area contributed by atoms with Crippen molar-refractivity contribution in [1.82, 2.24) is 0 Å². The molecule has 0 radical (unpaired) electrons. The monoisotopic (exact) mass is 359 g/mol. The fourth-order valence-corrected chi connectivity index (χ4v) is 2.74. The normalized spacial score (nSPS) is 11.0. The van der Waals surface area contributed by atoms with Crippen LogP contribution in [0, 0.1) is 11.3 Å². The van der Waals surface area contributed by atoms with Crippen molar-refractivity contribution in [3.63, 3.8) is 0 Å². The number of rotatable bonds is 6. The average Bonchev–Trinajstić information content (AvgIpc) is 2.70. The number of hydrogen-bond acceptors (Lipinski definition) is 4. The lowest BCUT2D eigenvalue weighted by Crippen LogP contribution is -2.10. The van der Waals surface area contributed by atoms with Crippen molar-refractivity contribution in [2.24, 2.45) is 0 Å². The molecule has 0 bridgehead atoms. The Morgan fingerprint density at radius 1 is 1.07 bits per heavy atom. The summed E-state index contributed by atoms with van der Waals surface area (Å²) in [5.41, 5.74) is 2.09. The number of carboxylic acid groups (broad SMARTS) is 1. The summed E-state index contributed by atoms with van der Waals surface area (Å²) in [7, 11) is 1.48. The van der Waals surface area contributed by atoms with E-state index in [-0.39, 0.29) is 0 Å². The van der Waals surface area contributed by atoms with Gasteiger partial charge in [0.1, 0.15) is 0 Å². The van der Waals surface area contributed by atoms with Crippen molar-refractivity contribution >= 4 is 28.4 Å². The molecule has 0 saturated carbocycles. The smallest absolute Gasteiger partial charge is 0.341 e. The van der Waals surface area contributed by atoms with Crippen LogP contribution in [0.15, 0.2) is 60.7 Å². The van der Waals surface area contributed by atoms with Gasteiger partial charge in [0.05, 0.1) is 18.8 Å². The van der Waals surface area contributed by atoms with E-state index >= 15 is 0 Å². The number of carbonyl (C=O) groups is 1. The summed E-state index contributed by atoms with van der Waals surface area (Å²) in [6.07, 6.45) is 1.76. The lowest BCUT2D eigenvalue weighted by molar-refractivity contribution is -0.139. The number of ether oxygens (including phenoxy) is 2. The summed E-state index contributed by atoms with van der Waals surface area (Å²) < 4.78 is 10.5. The number of benzene rings is 3. The van der Waals surface area contributed by atoms with Crippen LogP contribution in [0.4, 0.5) is 0 Å². The minimum absolute atomic E-state index is 0.335. The number of fused-ring (bicyclic) bond motifs is 1. The number of nitriles is 1. The number of nitrogens with zero attached hydrogens (tertiary/aromatic N) is 1. The van der Waals surface area contributed by atoms with Crippen LogP contribution in [0.5, 0.6) is 11.5 Å². The Balaban J connectivity index is 1.94. The summed E-state index contributed by atoms with van der Waals surface area (Å²) >= 11 is 0. The predicted molar refractivity (Wildman–Crippen MR) is 104 cm³/mol. The first-order chi connectivity index (χ1) is 13.1. The summed E-state index contributed by atoms with van der Waals surface area (Å²) in [6.45, 7) is -0.452. The molecule has 3 aromatic rings. The third-order valence-electron chi connectivity index (χ3n) is 4.03. The Kier molecular flexibility index (Phi) is 5.38. The Bertz CT molecular complexity index is 1060. The molecule has 0 fully saturated rings. The van der Waals surface area contributed by atoms with Gasteiger partial charge in [0.15, 0.2) is 18.1 Å². The minimum Gasteiger partial charge on any atom is -0.493 e. The van der Waals surface area contributed by atoms with E-state index in [0.717, 1.165) is 21.9 Å². The van der Waals surface area contributed by atoms with Crippen molar-refractivity contribution in [2.75, 3.05) is 13.7 Å². The highest BCUT2D eigenvalue weighted by atomic mass is 16.5. The molecule has 5 heteroatoms. The molecule has 0 aliphatic rings. The van der Waals surface area contributed by atoms with Crippen LogP contribution in [0.25, 0.3) is 22.4 Å². The molecule has 0 heterocycles. The molecule has 0 unspecified atom stereocenters. The Morgan fingerprint density at radius 3 is 2.56 bits per heavy atom. The zero-order valence-electron chi connectivity index (χ0n) is 14.7. The quantitative estimate of drug-likeness (QED) is 0.522. The van der Waals surface area contributed by atoms with Crippen LogP contribution in [0.3, 0.4) is 0 Å². The molecule has 3 aromatic carbocycles. The topological polar surface area (TPSA) is 79.5 Å². The number of carboxylic acids is 1. The van der Waals surface area contributed by atoms with E-state index in [1.165, 1.54) is 7.11 Å². The molecule has 27 heavy (non-hydrogen) atoms. The van der Waals surface area contributed by atoms with Crippen LogP contribution in [0.1, 0.15) is 11.1 Å². The fourth-order valence-electron chi connectivity index (χ4n) is 2.74. The second-order valence-corrected chi connectivity index (χ2v) is 5.82. The van der Waals surface area contributed by atoms with Gasteiger partial charge in [-0.15, -0.1) is 0 Å². The Morgan fingerprint density at radius 2 is 1.85 bits per heavy atom. The zero-order chi connectivity index (χ0) is 19.2. The van der Waals surface area contributed by atoms with Crippen molar-refractivity contribution < 1.29 is 19.4 Å². The van der Waals surface area contributed by atoms with E-state index in [9.17, 15) is 10.1 Å². The Hall–Kier alpha value is -3.78. The van der Waals surface area contributed by atoms with Crippen molar-refractivity contribution in [1.29, 1.82) is 5.26 Å². The maximum atomic E-state index is 10.7. The van der Waals surface area contributed by atoms with Gasteiger partial charge >= 0.3 is 5.97 Å². The van der Waals surface area contributed by atoms with E-state index in [2.05, 4.69) is 6.07 Å². The van der Waals surface area contributed by atoms with Gasteiger partial charge in [-0.3, -0.25) is 0 Å². The first-order valence-electron chi connectivity index (χ1n) is 8.24. The second-order valence-electron chi connectivity index (χ2n) is 5.82. The molecule has 0 saturated heterocycles. The van der Waals surface area contributed by atoms with Gasteiger partial charge in [-0.1, -0.05) is 42.5 Å². The van der Waals surface area contributed by atoms with Gasteiger partial charge in [0.25, 0.3) is 0 Å². The fraction of sp³-hybridized carbons (Fsp3) is 0.0909. The van der Waals surface area contributed by atoms with Gasteiger partial charge in [-0.05, 0) is 46.2 Å². The molecule has 0 atom stereocenters. The van der Waals surface area contributed by atoms with E-state index in [1.54, 1.807) is 24.3 Å². The van der Waals surface area contributed by atoms with Crippen LogP contribution < -0.4 is 9.47 Å². The van der Waals surface area contributed by atoms with Crippen LogP contribution in [-0.4, -0.2) is 24.8 Å². The first kappa shape index (κ1) is 18.0. The maximum absolute atomic E-state index is 10.7. The molecule has 0 aliphatic carbocycles. The van der Waals surface area contributed by atoms with Crippen molar-refractivity contribution in [3.8, 4) is 17.6 Å². The van der Waals surface area contributed by atoms with Gasteiger partial charge in [-0.25, -0.2) is 4.79 Å². The minimum atomic E-state index is -1.07. The Labute approximate surface area is 156 Å². The van der Waals surface area contributed by atoms with E-state index in [4.69, 9.17) is 14.6 Å². The van der Waals surface area contributed by atoms with Crippen molar-refractivity contribution in [3.05, 3.63) is 71.8 Å². The highest BCUT2D eigenvalue weighted by molar-refractivity contribution is 5.94. The SMILES string of the molecule is COc1cc(C=C(C#N)c2ccc3ccccc3c2)ccc1OCC(=O)O. The molecule has 3 rings (SSSR count). The van der Waals surface area contributed by atoms with Gasteiger partial charge in [-0.2, -0.15) is 5.26 Å². The third kappa shape index (κ3) is 4.25. The lowest BCUT2D eigenvalue weighted by atomic mass is 10.00. The van der Waals surface area contributed by atoms with Crippen LogP contribution >= 0.6 is 0 Å². The summed E-state index contributed by atoms with van der Waals surface area (Å²) in [5.74, 6) is -0.328. The predicted octanol–water partition coefficient (Wildman–Crippen LogP) is 4.38. The summed E-state index contributed by atoms with van der Waals surface area (Å²) in [4.78, 5) is 10.7. The van der Waals surface area contributed by atoms with Gasteiger partial charge < -0.3 is 14.6 Å². The second kappa shape index (κ2) is 8.07. The van der Waals surface area contributed by atoms with E-state index in [1.807, 2.05) is 42.5 Å². The van der Waals surface area contributed by atoms with Gasteiger partial charge in [0, 0.05) is 0 Å². The molecule has 0 amide bonds. The summed E-state index contributed by atoms with van der Waals surface area (Å²) in [5, 5.41) is 20.5. The molecular weight excluding hydrogens is 342 g/mol. The largest absolute Gasteiger partial charge is 0.493 e. The van der Waals surface area contributed by atoms with Crippen LogP contribution in [-0.2, 0) is 4.79 Å². The number of aliphatic carboxylic acids is 1. The average molecular weight is 359 g/mol.